The van der Waals surface area contributed by atoms with Gasteiger partial charge >= 0.3 is 11.3 Å². The molecule has 0 aliphatic rings. The van der Waals surface area contributed by atoms with Crippen LogP contribution < -0.4 is 14.7 Å². The molecule has 1 aromatic rings. The van der Waals surface area contributed by atoms with Crippen molar-refractivity contribution in [2.45, 2.75) is 41.5 Å². The molecule has 1 aromatic carbocycles. The van der Waals surface area contributed by atoms with Crippen molar-refractivity contribution in [1.29, 1.82) is 0 Å². The number of nitrogens with zero attached hydrogens (tertiary/aromatic N) is 1. The van der Waals surface area contributed by atoms with Gasteiger partial charge in [0.05, 0.1) is 7.11 Å². The van der Waals surface area contributed by atoms with E-state index in [0.29, 0.717) is 11.6 Å². The second-order valence-electron chi connectivity index (χ2n) is 6.00. The highest BCUT2D eigenvalue weighted by atomic mass is 32.2. The van der Waals surface area contributed by atoms with Crippen LogP contribution in [-0.4, -0.2) is 17.2 Å². The maximum atomic E-state index is 12.0. The molecule has 0 fully saturated rings. The quantitative estimate of drug-likeness (QED) is 0.685. The van der Waals surface area contributed by atoms with Gasteiger partial charge in [-0.25, -0.2) is 0 Å². The number of methoxy groups -OCH3 is 1. The average molecular weight is 312 g/mol. The Kier molecular flexibility index (Phi) is 5.39. The van der Waals surface area contributed by atoms with Crippen molar-refractivity contribution in [1.82, 2.24) is 0 Å². The van der Waals surface area contributed by atoms with Crippen molar-refractivity contribution in [2.75, 3.05) is 7.11 Å². The molecule has 0 aliphatic carbocycles. The third-order valence-electron chi connectivity index (χ3n) is 3.29. The molecule has 0 spiro atoms. The zero-order valence-corrected chi connectivity index (χ0v) is 14.6. The third kappa shape index (κ3) is 4.20. The van der Waals surface area contributed by atoms with E-state index in [1.807, 2.05) is 47.6 Å². The summed E-state index contributed by atoms with van der Waals surface area (Å²) in [5.74, 6) is 1.62. The molecule has 118 valence electrons. The zero-order valence-electron chi connectivity index (χ0n) is 13.7. The summed E-state index contributed by atoms with van der Waals surface area (Å²) >= 11 is -1.86. The highest BCUT2D eigenvalue weighted by molar-refractivity contribution is 7.79. The molecule has 0 saturated heterocycles. The van der Waals surface area contributed by atoms with Crippen LogP contribution in [0.4, 0.5) is 0 Å². The second kappa shape index (κ2) is 6.47. The van der Waals surface area contributed by atoms with Gasteiger partial charge in [-0.2, -0.15) is 4.21 Å². The summed E-state index contributed by atoms with van der Waals surface area (Å²) in [6, 6.07) is 1.85. The lowest BCUT2D eigenvalue weighted by Gasteiger charge is -2.17. The third-order valence-corrected chi connectivity index (χ3v) is 3.95. The number of ether oxygens (including phenoxy) is 1. The molecule has 0 aromatic heterocycles. The number of amidine groups is 1. The summed E-state index contributed by atoms with van der Waals surface area (Å²) in [6.07, 6.45) is 0. The van der Waals surface area contributed by atoms with Crippen LogP contribution >= 0.6 is 0 Å². The first kappa shape index (κ1) is 17.5. The van der Waals surface area contributed by atoms with Crippen LogP contribution in [0.2, 0.25) is 0 Å². The van der Waals surface area contributed by atoms with Gasteiger partial charge in [0.2, 0.25) is 0 Å². The van der Waals surface area contributed by atoms with E-state index in [4.69, 9.17) is 14.7 Å². The van der Waals surface area contributed by atoms with Crippen LogP contribution in [0.3, 0.4) is 0 Å². The minimum Gasteiger partial charge on any atom is -0.496 e. The van der Waals surface area contributed by atoms with E-state index in [9.17, 15) is 4.21 Å². The molecule has 1 unspecified atom stereocenters. The minimum atomic E-state index is -1.86. The summed E-state index contributed by atoms with van der Waals surface area (Å²) in [4.78, 5) is 0. The fraction of sp³-hybridized carbons (Fsp3) is 0.533. The Morgan fingerprint density at radius 3 is 2.29 bits per heavy atom. The lowest BCUT2D eigenvalue weighted by atomic mass is 9.96. The molecular weight excluding hydrogens is 288 g/mol. The predicted octanol–water partition coefficient (Wildman–Crippen LogP) is 2.98. The van der Waals surface area contributed by atoms with Gasteiger partial charge in [-0.15, -0.1) is 4.40 Å². The van der Waals surface area contributed by atoms with E-state index in [1.54, 1.807) is 7.11 Å². The summed E-state index contributed by atoms with van der Waals surface area (Å²) < 4.78 is 26.7. The fourth-order valence-electron chi connectivity index (χ4n) is 1.67. The number of rotatable bonds is 4. The molecule has 0 amide bonds. The summed E-state index contributed by atoms with van der Waals surface area (Å²) in [6.45, 7) is 11.4. The highest BCUT2D eigenvalue weighted by Gasteiger charge is 2.19. The van der Waals surface area contributed by atoms with E-state index >= 15 is 0 Å². The molecular formula is C15H24N2O3S. The van der Waals surface area contributed by atoms with E-state index in [2.05, 4.69) is 4.40 Å². The topological polar surface area (TPSA) is 73.9 Å². The van der Waals surface area contributed by atoms with Gasteiger partial charge in [-0.05, 0) is 43.5 Å². The van der Waals surface area contributed by atoms with Crippen molar-refractivity contribution in [2.24, 2.45) is 15.5 Å². The lowest BCUT2D eigenvalue weighted by Crippen LogP contribution is -2.29. The van der Waals surface area contributed by atoms with E-state index in [1.165, 1.54) is 0 Å². The van der Waals surface area contributed by atoms with Gasteiger partial charge in [0, 0.05) is 5.41 Å². The molecule has 0 saturated carbocycles. The molecule has 6 heteroatoms. The van der Waals surface area contributed by atoms with Crippen molar-refractivity contribution < 1.29 is 13.1 Å². The monoisotopic (exact) mass is 312 g/mol. The highest BCUT2D eigenvalue weighted by Crippen LogP contribution is 2.33. The average Bonchev–Trinajstić information content (AvgIpc) is 2.37. The number of nitrogens with two attached hydrogens (primary N) is 1. The van der Waals surface area contributed by atoms with Gasteiger partial charge in [0.25, 0.3) is 0 Å². The zero-order chi connectivity index (χ0) is 16.4. The van der Waals surface area contributed by atoms with Crippen molar-refractivity contribution >= 4 is 17.1 Å². The van der Waals surface area contributed by atoms with Gasteiger partial charge in [0.1, 0.15) is 17.3 Å². The maximum Gasteiger partial charge on any atom is 0.340 e. The van der Waals surface area contributed by atoms with Gasteiger partial charge < -0.3 is 14.7 Å². The first-order chi connectivity index (χ1) is 9.57. The Balaban J connectivity index is 3.10. The molecule has 5 nitrogen and oxygen atoms in total. The molecule has 0 heterocycles. The second-order valence-corrected chi connectivity index (χ2v) is 6.79. The first-order valence-corrected chi connectivity index (χ1v) is 7.70. The van der Waals surface area contributed by atoms with Crippen LogP contribution in [0.15, 0.2) is 10.5 Å². The number of hydrogen-bond donors (Lipinski definition) is 1. The smallest absolute Gasteiger partial charge is 0.340 e. The first-order valence-electron chi connectivity index (χ1n) is 6.67. The van der Waals surface area contributed by atoms with Crippen LogP contribution in [0.25, 0.3) is 0 Å². The normalized spacial score (nSPS) is 14.0. The molecule has 0 aliphatic heterocycles. The van der Waals surface area contributed by atoms with Crippen LogP contribution in [0.5, 0.6) is 11.5 Å². The molecule has 21 heavy (non-hydrogen) atoms. The minimum absolute atomic E-state index is 0.293. The summed E-state index contributed by atoms with van der Waals surface area (Å²) in [5.41, 5.74) is 8.13. The lowest BCUT2D eigenvalue weighted by molar-refractivity contribution is 0.410. The summed E-state index contributed by atoms with van der Waals surface area (Å²) in [5, 5.41) is 0. The van der Waals surface area contributed by atoms with E-state index in [-0.39, 0.29) is 5.41 Å². The Hall–Kier alpha value is -1.56. The van der Waals surface area contributed by atoms with E-state index in [0.717, 1.165) is 22.4 Å². The SMILES string of the molecule is COc1cc(C)c(OS(=O)/N=C(/N)C(C)(C)C)c(C)c1C. The molecule has 1 atom stereocenters. The molecule has 2 N–H and O–H groups in total. The fourth-order valence-corrected chi connectivity index (χ4v) is 2.54. The predicted molar refractivity (Wildman–Crippen MR) is 87.1 cm³/mol. The van der Waals surface area contributed by atoms with Gasteiger partial charge in [0.15, 0.2) is 0 Å². The largest absolute Gasteiger partial charge is 0.496 e. The van der Waals surface area contributed by atoms with Gasteiger partial charge in [-0.1, -0.05) is 20.8 Å². The Morgan fingerprint density at radius 1 is 1.24 bits per heavy atom. The Labute approximate surface area is 129 Å². The van der Waals surface area contributed by atoms with Crippen molar-refractivity contribution in [3.63, 3.8) is 0 Å². The molecule has 1 rings (SSSR count). The number of benzene rings is 1. The van der Waals surface area contributed by atoms with Crippen LogP contribution in [0, 0.1) is 26.2 Å². The van der Waals surface area contributed by atoms with Crippen LogP contribution in [-0.2, 0) is 11.3 Å². The Bertz CT molecular complexity index is 590. The Morgan fingerprint density at radius 2 is 1.81 bits per heavy atom. The summed E-state index contributed by atoms with van der Waals surface area (Å²) in [7, 11) is 1.62. The van der Waals surface area contributed by atoms with Crippen molar-refractivity contribution in [3.05, 3.63) is 22.8 Å². The molecule has 0 radical (unpaired) electrons. The number of hydrogen-bond acceptors (Lipinski definition) is 3. The van der Waals surface area contributed by atoms with Crippen molar-refractivity contribution in [3.8, 4) is 11.5 Å². The number of aryl methyl sites for hydroxylation is 1. The maximum absolute atomic E-state index is 12.0. The molecule has 0 bridgehead atoms. The van der Waals surface area contributed by atoms with Crippen LogP contribution in [0.1, 0.15) is 37.5 Å². The van der Waals surface area contributed by atoms with Gasteiger partial charge in [-0.3, -0.25) is 0 Å². The standard InChI is InChI=1S/C15H24N2O3S/c1-9-8-12(19-7)10(2)11(3)13(9)20-21(18)17-14(16)15(4,5)6/h8H,1-7H3,(H2,16,17). The van der Waals surface area contributed by atoms with E-state index < -0.39 is 11.3 Å².